The normalized spacial score (nSPS) is 36.9. The molecule has 0 spiro atoms. The summed E-state index contributed by atoms with van der Waals surface area (Å²) in [5, 5.41) is 71.7. The van der Waals surface area contributed by atoms with Gasteiger partial charge in [-0.15, -0.1) is 0 Å². The van der Waals surface area contributed by atoms with Crippen molar-refractivity contribution in [2.24, 2.45) is 5.92 Å². The van der Waals surface area contributed by atoms with Crippen LogP contribution in [0.25, 0.3) is 0 Å². The maximum absolute atomic E-state index is 12.6. The molecule has 0 bridgehead atoms. The Bertz CT molecular complexity index is 1110. The van der Waals surface area contributed by atoms with Gasteiger partial charge in [-0.1, -0.05) is 6.92 Å². The Morgan fingerprint density at radius 3 is 2.61 bits per heavy atom. The Balaban J connectivity index is 1.74. The zero-order chi connectivity index (χ0) is 28.6. The minimum atomic E-state index is -5.69. The molecule has 38 heavy (non-hydrogen) atoms. The number of aliphatic hydroxyl groups is 6. The van der Waals surface area contributed by atoms with Crippen molar-refractivity contribution in [3.8, 4) is 0 Å². The SMILES string of the molecule is C[C@H]1C([C@H](O)[C@H](O)CO)OC(OP(=O)([O-])OC[C@H]2O[C@@H](n3ccc(N)nc3=O)C(O)[C@H]2O)(C(=O)[O-])C[C@H]1O. The van der Waals surface area contributed by atoms with E-state index in [0.717, 1.165) is 10.8 Å². The van der Waals surface area contributed by atoms with Gasteiger partial charge in [-0.3, -0.25) is 13.7 Å². The van der Waals surface area contributed by atoms with Gasteiger partial charge in [0, 0.05) is 18.5 Å². The molecule has 3 rings (SSSR count). The first kappa shape index (κ1) is 30.5. The monoisotopic (exact) mass is 569 g/mol. The average molecular weight is 569 g/mol. The van der Waals surface area contributed by atoms with Gasteiger partial charge in [0.2, 0.25) is 5.79 Å². The third kappa shape index (κ3) is 6.22. The van der Waals surface area contributed by atoms with Crippen LogP contribution in [0.1, 0.15) is 19.6 Å². The molecular weight excluding hydrogens is 541 g/mol. The molecule has 4 unspecified atom stereocenters. The number of nitrogens with zero attached hydrogens (tertiary/aromatic N) is 2. The Kier molecular flexibility index (Phi) is 9.29. The highest BCUT2D eigenvalue weighted by Gasteiger charge is 2.52. The number of hydrogen-bond donors (Lipinski definition) is 7. The summed E-state index contributed by atoms with van der Waals surface area (Å²) < 4.78 is 33.0. The van der Waals surface area contributed by atoms with Gasteiger partial charge in [-0.05, 0) is 6.07 Å². The van der Waals surface area contributed by atoms with E-state index in [1.165, 1.54) is 13.0 Å². The molecule has 216 valence electrons. The highest BCUT2D eigenvalue weighted by atomic mass is 31.2. The Labute approximate surface area is 214 Å². The predicted molar refractivity (Wildman–Crippen MR) is 115 cm³/mol. The number of phosphoric ester groups is 1. The highest BCUT2D eigenvalue weighted by molar-refractivity contribution is 7.45. The van der Waals surface area contributed by atoms with Crippen LogP contribution >= 0.6 is 7.82 Å². The number of nitrogen functional groups attached to an aromatic ring is 1. The van der Waals surface area contributed by atoms with Crippen LogP contribution in [0, 0.1) is 5.92 Å². The van der Waals surface area contributed by atoms with E-state index in [1.54, 1.807) is 0 Å². The van der Waals surface area contributed by atoms with Gasteiger partial charge in [-0.2, -0.15) is 4.98 Å². The molecule has 3 heterocycles. The molecule has 2 fully saturated rings. The second-order valence-electron chi connectivity index (χ2n) is 8.92. The van der Waals surface area contributed by atoms with Crippen LogP contribution in [-0.2, 0) is 27.9 Å². The van der Waals surface area contributed by atoms with Gasteiger partial charge in [0.05, 0.1) is 25.4 Å². The van der Waals surface area contributed by atoms with E-state index < -0.39 is 99.8 Å². The van der Waals surface area contributed by atoms with Gasteiger partial charge >= 0.3 is 5.69 Å². The maximum Gasteiger partial charge on any atom is 0.351 e. The number of rotatable bonds is 10. The molecule has 18 nitrogen and oxygen atoms in total. The molecule has 1 aromatic heterocycles. The van der Waals surface area contributed by atoms with Crippen molar-refractivity contribution in [2.45, 2.75) is 68.1 Å². The molecule has 0 saturated carbocycles. The maximum atomic E-state index is 12.6. The second kappa shape index (κ2) is 11.6. The lowest BCUT2D eigenvalue weighted by atomic mass is 9.85. The van der Waals surface area contributed by atoms with E-state index in [4.69, 9.17) is 20.3 Å². The Morgan fingerprint density at radius 1 is 1.37 bits per heavy atom. The van der Waals surface area contributed by atoms with E-state index in [-0.39, 0.29) is 5.82 Å². The van der Waals surface area contributed by atoms with Crippen LogP contribution in [0.15, 0.2) is 17.1 Å². The number of hydrogen-bond acceptors (Lipinski definition) is 17. The zero-order valence-corrected chi connectivity index (χ0v) is 20.6. The Hall–Kier alpha value is -2.06. The molecule has 0 radical (unpaired) electrons. The van der Waals surface area contributed by atoms with Crippen LogP contribution in [-0.4, -0.2) is 108 Å². The van der Waals surface area contributed by atoms with Crippen molar-refractivity contribution in [2.75, 3.05) is 18.9 Å². The quantitative estimate of drug-likeness (QED) is 0.129. The average Bonchev–Trinajstić information content (AvgIpc) is 3.12. The van der Waals surface area contributed by atoms with Crippen LogP contribution in [0.3, 0.4) is 0 Å². The van der Waals surface area contributed by atoms with Crippen molar-refractivity contribution >= 4 is 19.6 Å². The molecule has 0 aromatic carbocycles. The van der Waals surface area contributed by atoms with E-state index in [1.807, 2.05) is 0 Å². The third-order valence-corrected chi connectivity index (χ3v) is 7.26. The highest BCUT2D eigenvalue weighted by Crippen LogP contribution is 2.48. The van der Waals surface area contributed by atoms with Crippen LogP contribution in [0.5, 0.6) is 0 Å². The molecule has 2 aliphatic heterocycles. The van der Waals surface area contributed by atoms with Crippen molar-refractivity contribution in [3.05, 3.63) is 22.7 Å². The van der Waals surface area contributed by atoms with Gasteiger partial charge in [0.1, 0.15) is 42.3 Å². The molecule has 2 aliphatic rings. The summed E-state index contributed by atoms with van der Waals surface area (Å²) in [5.41, 5.74) is 4.45. The lowest BCUT2D eigenvalue weighted by Crippen LogP contribution is -2.64. The van der Waals surface area contributed by atoms with Gasteiger partial charge in [-0.25, -0.2) is 4.79 Å². The molecule has 8 N–H and O–H groups in total. The fourth-order valence-corrected chi connectivity index (χ4v) is 5.01. The Morgan fingerprint density at radius 2 is 2.03 bits per heavy atom. The first-order valence-corrected chi connectivity index (χ1v) is 12.7. The summed E-state index contributed by atoms with van der Waals surface area (Å²) in [5.74, 6) is -6.68. The van der Waals surface area contributed by atoms with Crippen molar-refractivity contribution in [1.82, 2.24) is 9.55 Å². The number of nitrogens with two attached hydrogens (primary N) is 1. The number of carbonyl (C=O) groups is 1. The van der Waals surface area contributed by atoms with Crippen LogP contribution in [0.4, 0.5) is 5.82 Å². The summed E-state index contributed by atoms with van der Waals surface area (Å²) in [6, 6.07) is 1.20. The summed E-state index contributed by atoms with van der Waals surface area (Å²) in [7, 11) is -5.69. The standard InChI is InChI=1S/C19H30N3O15P/c1-7-8(24)4-19(17(29)30,36-15(7)12(26)9(25)5-23)37-38(32,33)34-6-10-13(27)14(28)16(35-10)22-3-2-11(20)21-18(22)31/h2-3,7-10,12-16,23-28H,4-6H2,1H3,(H,29,30)(H,32,33)(H2,20,21,31)/p-2/t7-,8-,9-,10-,12-,13+,14?,15?,16-,19?/m1/s1. The molecule has 0 amide bonds. The summed E-state index contributed by atoms with van der Waals surface area (Å²) in [6.07, 6.45) is -13.7. The van der Waals surface area contributed by atoms with E-state index in [9.17, 15) is 49.7 Å². The third-order valence-electron chi connectivity index (χ3n) is 6.28. The predicted octanol–water partition coefficient (Wildman–Crippen LogP) is -6.11. The van der Waals surface area contributed by atoms with E-state index in [0.29, 0.717) is 0 Å². The van der Waals surface area contributed by atoms with Crippen LogP contribution in [0.2, 0.25) is 0 Å². The molecule has 19 heteroatoms. The smallest absolute Gasteiger partial charge is 0.351 e. The number of phosphoric acid groups is 1. The van der Waals surface area contributed by atoms with Gasteiger partial charge in [0.15, 0.2) is 6.23 Å². The number of ether oxygens (including phenoxy) is 2. The number of carboxylic acids is 1. The van der Waals surface area contributed by atoms with E-state index in [2.05, 4.69) is 14.0 Å². The zero-order valence-electron chi connectivity index (χ0n) is 19.7. The summed E-state index contributed by atoms with van der Waals surface area (Å²) >= 11 is 0. The molecule has 2 saturated heterocycles. The number of anilines is 1. The molecular formula is C19H28N3O15P-2. The minimum absolute atomic E-state index is 0.129. The van der Waals surface area contributed by atoms with Crippen LogP contribution < -0.4 is 21.4 Å². The van der Waals surface area contributed by atoms with E-state index >= 15 is 0 Å². The molecule has 11 atom stereocenters. The summed E-state index contributed by atoms with van der Waals surface area (Å²) in [4.78, 5) is 39.9. The lowest BCUT2D eigenvalue weighted by Gasteiger charge is -2.49. The number of carbonyl (C=O) groups excluding carboxylic acids is 1. The fourth-order valence-electron chi connectivity index (χ4n) is 4.08. The number of aliphatic hydroxyl groups excluding tert-OH is 6. The molecule has 1 aromatic rings. The number of aromatic nitrogens is 2. The summed E-state index contributed by atoms with van der Waals surface area (Å²) in [6.45, 7) is -0.705. The number of aliphatic carboxylic acids is 1. The van der Waals surface area contributed by atoms with Crippen molar-refractivity contribution in [1.29, 1.82) is 0 Å². The van der Waals surface area contributed by atoms with Crippen molar-refractivity contribution in [3.63, 3.8) is 0 Å². The fraction of sp³-hybridized carbons (Fsp3) is 0.737. The molecule has 0 aliphatic carbocycles. The van der Waals surface area contributed by atoms with Gasteiger partial charge in [0.25, 0.3) is 7.82 Å². The largest absolute Gasteiger partial charge is 0.756 e. The topological polar surface area (TPSA) is 299 Å². The number of carboxylic acid groups (broad SMARTS) is 1. The van der Waals surface area contributed by atoms with Gasteiger partial charge < -0.3 is 65.2 Å². The minimum Gasteiger partial charge on any atom is -0.756 e. The van der Waals surface area contributed by atoms with Crippen molar-refractivity contribution < 1.29 is 68.5 Å². The first-order chi connectivity index (χ1) is 17.6. The second-order valence-corrected chi connectivity index (χ2v) is 10.3. The lowest BCUT2D eigenvalue weighted by molar-refractivity contribution is -0.380. The first-order valence-electron chi connectivity index (χ1n) is 11.2.